The van der Waals surface area contributed by atoms with E-state index in [4.69, 9.17) is 20.9 Å². The third-order valence-electron chi connectivity index (χ3n) is 14.9. The van der Waals surface area contributed by atoms with Crippen molar-refractivity contribution in [1.82, 2.24) is 29.8 Å². The summed E-state index contributed by atoms with van der Waals surface area (Å²) in [7, 11) is 0. The summed E-state index contributed by atoms with van der Waals surface area (Å²) in [5.74, 6) is -1.96. The summed E-state index contributed by atoms with van der Waals surface area (Å²) >= 11 is 0. The summed E-state index contributed by atoms with van der Waals surface area (Å²) < 4.78 is 94.0. The molecule has 3 amide bonds. The Morgan fingerprint density at radius 3 is 1.84 bits per heavy atom. The lowest BCUT2D eigenvalue weighted by Crippen LogP contribution is -2.54. The molecule has 2 unspecified atom stereocenters. The van der Waals surface area contributed by atoms with Crippen LogP contribution < -0.4 is 27.0 Å². The van der Waals surface area contributed by atoms with E-state index in [0.29, 0.717) is 81.4 Å². The minimum Gasteiger partial charge on any atom is -0.460 e. The van der Waals surface area contributed by atoms with Crippen molar-refractivity contribution >= 4 is 46.6 Å². The van der Waals surface area contributed by atoms with Crippen molar-refractivity contribution in [3.63, 3.8) is 0 Å². The van der Waals surface area contributed by atoms with E-state index in [1.165, 1.54) is 43.0 Å². The summed E-state index contributed by atoms with van der Waals surface area (Å²) in [6.07, 6.45) is -7.76. The molecule has 8 rings (SSSR count). The maximum absolute atomic E-state index is 15.0. The van der Waals surface area contributed by atoms with E-state index in [0.717, 1.165) is 59.8 Å². The first-order chi connectivity index (χ1) is 39.1. The van der Waals surface area contributed by atoms with Crippen LogP contribution in [0.1, 0.15) is 61.0 Å². The maximum Gasteiger partial charge on any atom is 0.416 e. The number of nitrogens with zero attached hydrogens (tertiary/aromatic N) is 6. The number of amides is 3. The van der Waals surface area contributed by atoms with E-state index in [2.05, 4.69) is 25.3 Å². The smallest absolute Gasteiger partial charge is 0.416 e. The maximum atomic E-state index is 15.0. The molecule has 2 saturated heterocycles. The van der Waals surface area contributed by atoms with E-state index < -0.39 is 66.7 Å². The van der Waals surface area contributed by atoms with Gasteiger partial charge in [0.05, 0.1) is 66.3 Å². The Bertz CT molecular complexity index is 3020. The van der Waals surface area contributed by atoms with E-state index in [9.17, 15) is 50.9 Å². The summed E-state index contributed by atoms with van der Waals surface area (Å²) in [5.41, 5.74) is 14.3. The van der Waals surface area contributed by atoms with Gasteiger partial charge in [0.1, 0.15) is 13.2 Å². The highest BCUT2D eigenvalue weighted by Gasteiger charge is 2.45. The fourth-order valence-electron chi connectivity index (χ4n) is 10.5. The van der Waals surface area contributed by atoms with Crippen LogP contribution in [-0.4, -0.2) is 164 Å². The number of halogens is 6. The van der Waals surface area contributed by atoms with Gasteiger partial charge in [-0.25, -0.2) is 14.4 Å². The molecule has 2 atom stereocenters. The van der Waals surface area contributed by atoms with Crippen LogP contribution in [0.15, 0.2) is 131 Å². The first kappa shape index (κ1) is 60.5. The molecule has 4 aliphatic rings. The Labute approximate surface area is 471 Å². The number of benzene rings is 4. The SMILES string of the molecule is CC1=C(C(=O)OCCO)C(c2ccc(N)cc2)N(CC(=C2CC2)N2CCN(CCN3CCN(C(=O)CNC(/C(C(=O)OCCO)=C(/C)Nc4cccc(C(F)(F)F)c4)c4ccc(N)cc4)CC3)CC2)C(=O)N1c1cccc(C(F)(F)F)c1. The number of ether oxygens (including phenoxy) is 2. The first-order valence-corrected chi connectivity index (χ1v) is 27.0. The van der Waals surface area contributed by atoms with Gasteiger partial charge in [-0.15, -0.1) is 0 Å². The molecule has 24 heteroatoms. The number of anilines is 4. The first-order valence-electron chi connectivity index (χ1n) is 27.0. The number of urea groups is 1. The highest BCUT2D eigenvalue weighted by Crippen LogP contribution is 2.44. The summed E-state index contributed by atoms with van der Waals surface area (Å²) in [6.45, 7) is 7.17. The molecule has 4 aromatic carbocycles. The largest absolute Gasteiger partial charge is 0.460 e. The van der Waals surface area contributed by atoms with Crippen LogP contribution in [0.5, 0.6) is 0 Å². The number of hydrogen-bond donors (Lipinski definition) is 6. The van der Waals surface area contributed by atoms with Gasteiger partial charge in [-0.05, 0) is 104 Å². The molecule has 3 heterocycles. The molecule has 0 radical (unpaired) electrons. The van der Waals surface area contributed by atoms with Crippen molar-refractivity contribution in [1.29, 1.82) is 0 Å². The number of carbonyl (C=O) groups is 4. The third kappa shape index (κ3) is 14.9. The molecule has 18 nitrogen and oxygen atoms in total. The van der Waals surface area contributed by atoms with Gasteiger partial charge in [0.15, 0.2) is 0 Å². The number of hydrogen-bond acceptors (Lipinski definition) is 15. The van der Waals surface area contributed by atoms with Crippen molar-refractivity contribution in [2.24, 2.45) is 0 Å². The minimum atomic E-state index is -4.72. The van der Waals surface area contributed by atoms with Gasteiger partial charge in [0.25, 0.3) is 0 Å². The average Bonchev–Trinajstić information content (AvgIpc) is 2.51. The predicted octanol–water partition coefficient (Wildman–Crippen LogP) is 6.74. The number of piperazine rings is 2. The highest BCUT2D eigenvalue weighted by molar-refractivity contribution is 6.03. The van der Waals surface area contributed by atoms with E-state index in [1.807, 2.05) is 0 Å². The minimum absolute atomic E-state index is 0.0201. The molecular formula is C58H68F6N10O8. The van der Waals surface area contributed by atoms with Crippen LogP contribution in [0, 0.1) is 0 Å². The topological polar surface area (TPSA) is 223 Å². The van der Waals surface area contributed by atoms with E-state index in [-0.39, 0.29) is 66.1 Å². The van der Waals surface area contributed by atoms with E-state index in [1.54, 1.807) is 53.4 Å². The summed E-state index contributed by atoms with van der Waals surface area (Å²) in [5, 5.41) is 25.2. The standard InChI is InChI=1S/C58H68F6N10O8/c1-37(68-46-7-3-5-42(33-46)57(59,60)61)50(54(78)81-31-29-75)52(40-11-15-44(65)16-12-40)67-35-49(77)72-27-23-70(24-28-72)20-19-69-21-25-71(26-22-69)48(39-9-10-39)36-73-53(41-13-17-45(66)18-14-41)51(55(79)82-32-30-76)38(2)74(56(73)80)47-8-4-6-43(34-47)58(62,63)64/h3-8,11-18,33-34,52-53,67-68,75-76H,9-10,19-32,35-36,65-66H2,1-2H3/b50-37+. The molecule has 0 bridgehead atoms. The Kier molecular flexibility index (Phi) is 19.5. The summed E-state index contributed by atoms with van der Waals surface area (Å²) in [6, 6.07) is 19.4. The van der Waals surface area contributed by atoms with Gasteiger partial charge in [0.2, 0.25) is 5.91 Å². The van der Waals surface area contributed by atoms with Crippen molar-refractivity contribution < 1.29 is 65.2 Å². The van der Waals surface area contributed by atoms with E-state index >= 15 is 4.79 Å². The lowest BCUT2D eigenvalue weighted by Gasteiger charge is -2.45. The van der Waals surface area contributed by atoms with Gasteiger partial charge >= 0.3 is 30.3 Å². The van der Waals surface area contributed by atoms with Crippen molar-refractivity contribution in [3.05, 3.63) is 153 Å². The van der Waals surface area contributed by atoms with Gasteiger partial charge in [0, 0.05) is 99.6 Å². The molecule has 4 aromatic rings. The molecular weight excluding hydrogens is 1080 g/mol. The molecule has 0 spiro atoms. The van der Waals surface area contributed by atoms with Crippen LogP contribution in [-0.2, 0) is 36.2 Å². The Morgan fingerprint density at radius 2 is 1.27 bits per heavy atom. The quantitative estimate of drug-likeness (QED) is 0.0220. The number of aliphatic hydroxyl groups is 2. The lowest BCUT2D eigenvalue weighted by molar-refractivity contribution is -0.141. The predicted molar refractivity (Wildman–Crippen MR) is 295 cm³/mol. The molecule has 0 aromatic heterocycles. The number of alkyl halides is 6. The van der Waals surface area contributed by atoms with Gasteiger partial charge in [-0.1, -0.05) is 36.4 Å². The Morgan fingerprint density at radius 1 is 0.720 bits per heavy atom. The number of esters is 2. The van der Waals surface area contributed by atoms with Crippen LogP contribution in [0.4, 0.5) is 53.9 Å². The zero-order valence-electron chi connectivity index (χ0n) is 45.6. The van der Waals surface area contributed by atoms with Crippen LogP contribution in [0.3, 0.4) is 0 Å². The second-order valence-corrected chi connectivity index (χ2v) is 20.4. The lowest BCUT2D eigenvalue weighted by atomic mass is 9.92. The number of nitrogen functional groups attached to an aromatic ring is 2. The van der Waals surface area contributed by atoms with Crippen LogP contribution in [0.25, 0.3) is 0 Å². The fraction of sp³-hybridized carbons (Fsp3) is 0.414. The monoisotopic (exact) mass is 1150 g/mol. The molecule has 1 saturated carbocycles. The van der Waals surface area contributed by atoms with Gasteiger partial charge < -0.3 is 51.2 Å². The number of carbonyl (C=O) groups excluding carboxylic acids is 4. The zero-order chi connectivity index (χ0) is 58.9. The highest BCUT2D eigenvalue weighted by atomic mass is 19.4. The molecule has 3 fully saturated rings. The van der Waals surface area contributed by atoms with Crippen LogP contribution in [0.2, 0.25) is 0 Å². The zero-order valence-corrected chi connectivity index (χ0v) is 45.6. The van der Waals surface area contributed by atoms with Crippen molar-refractivity contribution in [2.45, 2.75) is 51.1 Å². The number of aliphatic hydroxyl groups excluding tert-OH is 2. The molecule has 82 heavy (non-hydrogen) atoms. The Balaban J connectivity index is 0.909. The molecule has 440 valence electrons. The van der Waals surface area contributed by atoms with Crippen molar-refractivity contribution in [2.75, 3.05) is 127 Å². The second kappa shape index (κ2) is 26.5. The van der Waals surface area contributed by atoms with Crippen molar-refractivity contribution in [3.8, 4) is 0 Å². The fourth-order valence-corrected chi connectivity index (χ4v) is 10.5. The average molecular weight is 1150 g/mol. The number of allylic oxidation sites excluding steroid dienone is 3. The number of nitrogens with two attached hydrogens (primary N) is 2. The van der Waals surface area contributed by atoms with Gasteiger partial charge in [-0.3, -0.25) is 24.8 Å². The molecule has 8 N–H and O–H groups in total. The number of nitrogens with one attached hydrogen (secondary N) is 2. The summed E-state index contributed by atoms with van der Waals surface area (Å²) in [4.78, 5) is 67.9. The Hall–Kier alpha value is -7.64. The normalized spacial score (nSPS) is 18.1. The second-order valence-electron chi connectivity index (χ2n) is 20.4. The molecule has 3 aliphatic heterocycles. The van der Waals surface area contributed by atoms with Gasteiger partial charge in [-0.2, -0.15) is 26.3 Å². The number of rotatable bonds is 21. The van der Waals surface area contributed by atoms with Crippen LogP contribution >= 0.6 is 0 Å². The molecule has 1 aliphatic carbocycles. The third-order valence-corrected chi connectivity index (χ3v) is 14.9.